The molecule has 2 aromatic heterocycles. The van der Waals surface area contributed by atoms with Gasteiger partial charge in [-0.2, -0.15) is 0 Å². The van der Waals surface area contributed by atoms with E-state index in [1.165, 1.54) is 5.56 Å². The highest BCUT2D eigenvalue weighted by Crippen LogP contribution is 2.32. The van der Waals surface area contributed by atoms with E-state index in [2.05, 4.69) is 32.0 Å². The molecule has 1 N–H and O–H groups in total. The maximum absolute atomic E-state index is 11.3. The number of rotatable bonds is 13. The normalized spacial score (nSPS) is 18.4. The quantitative estimate of drug-likeness (QED) is 0.330. The van der Waals surface area contributed by atoms with Crippen LogP contribution >= 0.6 is 0 Å². The van der Waals surface area contributed by atoms with Gasteiger partial charge in [0.1, 0.15) is 12.1 Å². The van der Waals surface area contributed by atoms with Crippen molar-refractivity contribution in [2.24, 2.45) is 11.8 Å². The number of carboxylic acids is 1. The van der Waals surface area contributed by atoms with E-state index in [1.807, 2.05) is 24.4 Å². The van der Waals surface area contributed by atoms with Crippen molar-refractivity contribution in [3.8, 4) is 5.75 Å². The van der Waals surface area contributed by atoms with E-state index in [0.717, 1.165) is 93.3 Å². The summed E-state index contributed by atoms with van der Waals surface area (Å²) < 4.78 is 5.42. The molecule has 0 spiro atoms. The van der Waals surface area contributed by atoms with Gasteiger partial charge in [-0.3, -0.25) is 9.78 Å². The summed E-state index contributed by atoms with van der Waals surface area (Å²) >= 11 is 0. The van der Waals surface area contributed by atoms with E-state index in [-0.39, 0.29) is 6.42 Å². The zero-order chi connectivity index (χ0) is 25.2. The summed E-state index contributed by atoms with van der Waals surface area (Å²) in [6, 6.07) is 10.2. The Hall–Kier alpha value is -3.06. The van der Waals surface area contributed by atoms with Gasteiger partial charge < -0.3 is 14.7 Å². The van der Waals surface area contributed by atoms with Crippen molar-refractivity contribution in [3.05, 3.63) is 60.3 Å². The lowest BCUT2D eigenvalue weighted by molar-refractivity contribution is -0.137. The molecular weight excluding hydrogens is 452 g/mol. The van der Waals surface area contributed by atoms with Gasteiger partial charge >= 0.3 is 5.97 Å². The van der Waals surface area contributed by atoms with Crippen LogP contribution in [-0.4, -0.2) is 57.7 Å². The number of carboxylic acid groups (broad SMARTS) is 1. The third-order valence-corrected chi connectivity index (χ3v) is 7.57. The standard InChI is InChI=1S/C29H38N4O3/c1-36-26-9-10-28-27(19-26)23(12-16-31-28)6-4-5-22-14-18-33(20-24(22)8-11-29(34)35)17-3-2-7-25-13-15-30-21-32-25/h9-10,12-13,15-16,19,21-22,24H,2-8,11,14,17-18,20H2,1H3,(H,34,35). The minimum atomic E-state index is -0.687. The Morgan fingerprint density at radius 1 is 1.06 bits per heavy atom. The van der Waals surface area contributed by atoms with Crippen LogP contribution in [0.3, 0.4) is 0 Å². The van der Waals surface area contributed by atoms with Crippen molar-refractivity contribution in [2.75, 3.05) is 26.7 Å². The number of hydrogen-bond acceptors (Lipinski definition) is 6. The summed E-state index contributed by atoms with van der Waals surface area (Å²) in [6.45, 7) is 3.20. The zero-order valence-corrected chi connectivity index (χ0v) is 21.3. The molecule has 3 heterocycles. The van der Waals surface area contributed by atoms with Gasteiger partial charge in [-0.25, -0.2) is 9.97 Å². The second kappa shape index (κ2) is 13.3. The van der Waals surface area contributed by atoms with Gasteiger partial charge in [0, 0.05) is 36.4 Å². The van der Waals surface area contributed by atoms with E-state index in [0.29, 0.717) is 11.8 Å². The Bertz CT molecular complexity index is 1110. The van der Waals surface area contributed by atoms with Gasteiger partial charge in [0.25, 0.3) is 0 Å². The molecule has 0 radical (unpaired) electrons. The van der Waals surface area contributed by atoms with Crippen molar-refractivity contribution >= 4 is 16.9 Å². The summed E-state index contributed by atoms with van der Waals surface area (Å²) in [5.41, 5.74) is 3.41. The minimum absolute atomic E-state index is 0.261. The van der Waals surface area contributed by atoms with Crippen molar-refractivity contribution in [1.29, 1.82) is 0 Å². The molecule has 2 atom stereocenters. The number of benzene rings is 1. The molecule has 1 aliphatic heterocycles. The number of aliphatic carboxylic acids is 1. The number of carbonyl (C=O) groups is 1. The summed E-state index contributed by atoms with van der Waals surface area (Å²) in [5.74, 6) is 1.21. The van der Waals surface area contributed by atoms with Crippen LogP contribution < -0.4 is 4.74 Å². The van der Waals surface area contributed by atoms with Crippen LogP contribution in [0.2, 0.25) is 0 Å². The SMILES string of the molecule is COc1ccc2nccc(CCCC3CCN(CCCCc4ccncn4)CC3CCC(=O)O)c2c1. The maximum atomic E-state index is 11.3. The number of aryl methyl sites for hydroxylation is 2. The first kappa shape index (κ1) is 26.0. The number of nitrogens with zero attached hydrogens (tertiary/aromatic N) is 4. The van der Waals surface area contributed by atoms with E-state index < -0.39 is 5.97 Å². The molecule has 4 rings (SSSR count). The Labute approximate surface area is 213 Å². The van der Waals surface area contributed by atoms with Crippen molar-refractivity contribution < 1.29 is 14.6 Å². The zero-order valence-electron chi connectivity index (χ0n) is 21.3. The molecule has 7 heteroatoms. The average molecular weight is 491 g/mol. The first-order valence-electron chi connectivity index (χ1n) is 13.2. The second-order valence-corrected chi connectivity index (χ2v) is 9.95. The highest BCUT2D eigenvalue weighted by Gasteiger charge is 2.29. The number of unbranched alkanes of at least 4 members (excludes halogenated alkanes) is 1. The van der Waals surface area contributed by atoms with E-state index in [9.17, 15) is 9.90 Å². The molecule has 1 saturated heterocycles. The van der Waals surface area contributed by atoms with Crippen LogP contribution in [0.5, 0.6) is 5.75 Å². The summed E-state index contributed by atoms with van der Waals surface area (Å²) in [7, 11) is 1.69. The molecular formula is C29H38N4O3. The fraction of sp³-hybridized carbons (Fsp3) is 0.517. The Morgan fingerprint density at radius 3 is 2.78 bits per heavy atom. The third-order valence-electron chi connectivity index (χ3n) is 7.57. The van der Waals surface area contributed by atoms with Gasteiger partial charge in [0.15, 0.2) is 0 Å². The topological polar surface area (TPSA) is 88.4 Å². The van der Waals surface area contributed by atoms with Gasteiger partial charge in [0.2, 0.25) is 0 Å². The molecule has 0 aliphatic carbocycles. The Balaban J connectivity index is 1.28. The number of ether oxygens (including phenoxy) is 1. The van der Waals surface area contributed by atoms with E-state index >= 15 is 0 Å². The summed E-state index contributed by atoms with van der Waals surface area (Å²) in [4.78, 5) is 26.7. The van der Waals surface area contributed by atoms with Gasteiger partial charge in [0.05, 0.1) is 12.6 Å². The maximum Gasteiger partial charge on any atom is 0.303 e. The fourth-order valence-electron chi connectivity index (χ4n) is 5.56. The molecule has 0 saturated carbocycles. The van der Waals surface area contributed by atoms with Gasteiger partial charge in [-0.1, -0.05) is 0 Å². The number of methoxy groups -OCH3 is 1. The number of likely N-dealkylation sites (tertiary alicyclic amines) is 1. The van der Waals surface area contributed by atoms with Crippen molar-refractivity contribution in [1.82, 2.24) is 19.9 Å². The molecule has 1 aromatic carbocycles. The molecule has 3 aromatic rings. The predicted octanol–water partition coefficient (Wildman–Crippen LogP) is 5.18. The van der Waals surface area contributed by atoms with Gasteiger partial charge in [-0.15, -0.1) is 0 Å². The second-order valence-electron chi connectivity index (χ2n) is 9.95. The lowest BCUT2D eigenvalue weighted by Crippen LogP contribution is -2.41. The van der Waals surface area contributed by atoms with E-state index in [1.54, 1.807) is 19.6 Å². The van der Waals surface area contributed by atoms with Crippen molar-refractivity contribution in [2.45, 2.75) is 57.8 Å². The number of hydrogen-bond donors (Lipinski definition) is 1. The molecule has 1 fully saturated rings. The number of piperidine rings is 1. The summed E-state index contributed by atoms with van der Waals surface area (Å²) in [6.07, 6.45) is 14.0. The highest BCUT2D eigenvalue weighted by molar-refractivity contribution is 5.83. The smallest absolute Gasteiger partial charge is 0.303 e. The summed E-state index contributed by atoms with van der Waals surface area (Å²) in [5, 5.41) is 10.5. The number of fused-ring (bicyclic) bond motifs is 1. The molecule has 0 amide bonds. The van der Waals surface area contributed by atoms with Crippen LogP contribution in [0, 0.1) is 11.8 Å². The van der Waals surface area contributed by atoms with Crippen LogP contribution in [0.25, 0.3) is 10.9 Å². The molecule has 192 valence electrons. The fourth-order valence-corrected chi connectivity index (χ4v) is 5.56. The predicted molar refractivity (Wildman–Crippen MR) is 141 cm³/mol. The Morgan fingerprint density at radius 2 is 1.97 bits per heavy atom. The molecule has 2 unspecified atom stereocenters. The monoisotopic (exact) mass is 490 g/mol. The van der Waals surface area contributed by atoms with Crippen LogP contribution in [0.15, 0.2) is 49.1 Å². The lowest BCUT2D eigenvalue weighted by Gasteiger charge is -2.39. The third kappa shape index (κ3) is 7.47. The largest absolute Gasteiger partial charge is 0.497 e. The Kier molecular flexibility index (Phi) is 9.61. The number of pyridine rings is 1. The van der Waals surface area contributed by atoms with Gasteiger partial charge in [-0.05, 0) is 112 Å². The first-order valence-corrected chi connectivity index (χ1v) is 13.2. The number of aromatic nitrogens is 3. The lowest BCUT2D eigenvalue weighted by atomic mass is 9.79. The highest BCUT2D eigenvalue weighted by atomic mass is 16.5. The van der Waals surface area contributed by atoms with E-state index in [4.69, 9.17) is 4.74 Å². The van der Waals surface area contributed by atoms with Crippen LogP contribution in [0.4, 0.5) is 0 Å². The van der Waals surface area contributed by atoms with Crippen LogP contribution in [-0.2, 0) is 17.6 Å². The minimum Gasteiger partial charge on any atom is -0.497 e. The van der Waals surface area contributed by atoms with Crippen molar-refractivity contribution in [3.63, 3.8) is 0 Å². The first-order chi connectivity index (χ1) is 17.6. The molecule has 7 nitrogen and oxygen atoms in total. The molecule has 0 bridgehead atoms. The molecule has 36 heavy (non-hydrogen) atoms. The average Bonchev–Trinajstić information content (AvgIpc) is 2.91. The van der Waals surface area contributed by atoms with Crippen LogP contribution in [0.1, 0.15) is 56.2 Å². The molecule has 1 aliphatic rings.